The molecule has 1 aromatic rings. The summed E-state index contributed by atoms with van der Waals surface area (Å²) >= 11 is 0. The first-order chi connectivity index (χ1) is 7.40. The Kier molecular flexibility index (Phi) is 3.18. The molecular formula is C10H14N4O2. The zero-order valence-electron chi connectivity index (χ0n) is 9.72. The van der Waals surface area contributed by atoms with Gasteiger partial charge in [-0.15, -0.1) is 0 Å². The minimum atomic E-state index is -0.940. The molecule has 0 amide bonds. The van der Waals surface area contributed by atoms with Crippen LogP contribution in [-0.2, 0) is 11.8 Å². The van der Waals surface area contributed by atoms with Crippen molar-refractivity contribution in [2.24, 2.45) is 7.05 Å². The summed E-state index contributed by atoms with van der Waals surface area (Å²) in [5, 5.41) is 22.0. The number of likely N-dealkylation sites (N-methyl/N-ethyl adjacent to an activating group) is 1. The molecule has 16 heavy (non-hydrogen) atoms. The van der Waals surface area contributed by atoms with Crippen molar-refractivity contribution in [3.05, 3.63) is 11.3 Å². The molecule has 0 aliphatic carbocycles. The average molecular weight is 222 g/mol. The summed E-state index contributed by atoms with van der Waals surface area (Å²) in [6, 6.07) is 1.33. The zero-order chi connectivity index (χ0) is 12.5. The van der Waals surface area contributed by atoms with Gasteiger partial charge < -0.3 is 10.0 Å². The van der Waals surface area contributed by atoms with Crippen LogP contribution in [0, 0.1) is 18.3 Å². The Bertz CT molecular complexity index is 458. The number of aryl methyl sites for hydroxylation is 2. The van der Waals surface area contributed by atoms with Crippen LogP contribution in [0.2, 0.25) is 0 Å². The molecule has 1 rings (SSSR count). The molecule has 1 heterocycles. The molecule has 0 saturated heterocycles. The van der Waals surface area contributed by atoms with E-state index < -0.39 is 12.0 Å². The standard InChI is InChI=1S/C10H14N4O2/c1-6-8(5-11)9(14(4)12-6)13(3)7(2)10(15)16/h7H,1-4H3,(H,15,16). The van der Waals surface area contributed by atoms with Gasteiger partial charge in [0.1, 0.15) is 23.5 Å². The van der Waals surface area contributed by atoms with Gasteiger partial charge in [-0.25, -0.2) is 4.79 Å². The van der Waals surface area contributed by atoms with E-state index in [1.165, 1.54) is 9.58 Å². The average Bonchev–Trinajstić information content (AvgIpc) is 2.50. The second-order valence-corrected chi connectivity index (χ2v) is 3.64. The number of carboxylic acid groups (broad SMARTS) is 1. The molecule has 6 heteroatoms. The highest BCUT2D eigenvalue weighted by molar-refractivity contribution is 5.78. The van der Waals surface area contributed by atoms with Crippen molar-refractivity contribution in [2.75, 3.05) is 11.9 Å². The van der Waals surface area contributed by atoms with Crippen molar-refractivity contribution in [2.45, 2.75) is 19.9 Å². The highest BCUT2D eigenvalue weighted by atomic mass is 16.4. The second-order valence-electron chi connectivity index (χ2n) is 3.64. The normalized spacial score (nSPS) is 11.9. The topological polar surface area (TPSA) is 82.2 Å². The van der Waals surface area contributed by atoms with E-state index in [9.17, 15) is 4.79 Å². The van der Waals surface area contributed by atoms with Crippen molar-refractivity contribution in [3.8, 4) is 6.07 Å². The van der Waals surface area contributed by atoms with Gasteiger partial charge in [0.2, 0.25) is 0 Å². The second kappa shape index (κ2) is 4.23. The van der Waals surface area contributed by atoms with E-state index in [1.54, 1.807) is 27.9 Å². The third-order valence-electron chi connectivity index (χ3n) is 2.58. The van der Waals surface area contributed by atoms with E-state index in [2.05, 4.69) is 5.10 Å². The smallest absolute Gasteiger partial charge is 0.326 e. The molecule has 1 atom stereocenters. The summed E-state index contributed by atoms with van der Waals surface area (Å²) in [7, 11) is 3.32. The van der Waals surface area contributed by atoms with Crippen LogP contribution in [-0.4, -0.2) is 33.9 Å². The van der Waals surface area contributed by atoms with Crippen molar-refractivity contribution in [1.29, 1.82) is 5.26 Å². The van der Waals surface area contributed by atoms with E-state index >= 15 is 0 Å². The van der Waals surface area contributed by atoms with E-state index in [-0.39, 0.29) is 0 Å². The van der Waals surface area contributed by atoms with Gasteiger partial charge in [-0.05, 0) is 13.8 Å². The van der Waals surface area contributed by atoms with Gasteiger partial charge in [0.25, 0.3) is 0 Å². The number of hydrogen-bond acceptors (Lipinski definition) is 4. The van der Waals surface area contributed by atoms with Gasteiger partial charge in [-0.1, -0.05) is 0 Å². The maximum Gasteiger partial charge on any atom is 0.326 e. The summed E-state index contributed by atoms with van der Waals surface area (Å²) in [5.41, 5.74) is 1.02. The fourth-order valence-corrected chi connectivity index (χ4v) is 1.53. The van der Waals surface area contributed by atoms with Crippen LogP contribution < -0.4 is 4.90 Å². The van der Waals surface area contributed by atoms with Crippen molar-refractivity contribution in [1.82, 2.24) is 9.78 Å². The molecule has 1 N–H and O–H groups in total. The van der Waals surface area contributed by atoms with E-state index in [0.717, 1.165) is 0 Å². The van der Waals surface area contributed by atoms with Gasteiger partial charge in [-0.2, -0.15) is 10.4 Å². The zero-order valence-corrected chi connectivity index (χ0v) is 9.72. The molecule has 6 nitrogen and oxygen atoms in total. The van der Waals surface area contributed by atoms with Gasteiger partial charge in [0.05, 0.1) is 5.69 Å². The third-order valence-corrected chi connectivity index (χ3v) is 2.58. The fraction of sp³-hybridized carbons (Fsp3) is 0.500. The first-order valence-corrected chi connectivity index (χ1v) is 4.79. The summed E-state index contributed by atoms with van der Waals surface area (Å²) in [4.78, 5) is 12.4. The predicted octanol–water partition coefficient (Wildman–Crippen LogP) is 0.510. The van der Waals surface area contributed by atoms with Crippen molar-refractivity contribution < 1.29 is 9.90 Å². The molecule has 86 valence electrons. The van der Waals surface area contributed by atoms with Gasteiger partial charge in [0, 0.05) is 14.1 Å². The molecular weight excluding hydrogens is 208 g/mol. The molecule has 1 unspecified atom stereocenters. The van der Waals surface area contributed by atoms with Crippen LogP contribution >= 0.6 is 0 Å². The number of hydrogen-bond donors (Lipinski definition) is 1. The van der Waals surface area contributed by atoms with E-state index in [1.807, 2.05) is 6.07 Å². The Morgan fingerprint density at radius 1 is 1.69 bits per heavy atom. The van der Waals surface area contributed by atoms with Crippen molar-refractivity contribution in [3.63, 3.8) is 0 Å². The molecule has 1 aromatic heterocycles. The molecule has 0 radical (unpaired) electrons. The molecule has 0 spiro atoms. The Balaban J connectivity index is 3.23. The number of carboxylic acids is 1. The predicted molar refractivity (Wildman–Crippen MR) is 58.2 cm³/mol. The van der Waals surface area contributed by atoms with Crippen LogP contribution in [0.4, 0.5) is 5.82 Å². The van der Waals surface area contributed by atoms with Crippen LogP contribution in [0.25, 0.3) is 0 Å². The van der Waals surface area contributed by atoms with Crippen LogP contribution in [0.5, 0.6) is 0 Å². The molecule has 0 saturated carbocycles. The van der Waals surface area contributed by atoms with E-state index in [0.29, 0.717) is 17.1 Å². The van der Waals surface area contributed by atoms with Crippen LogP contribution in [0.15, 0.2) is 0 Å². The lowest BCUT2D eigenvalue weighted by atomic mass is 10.2. The Morgan fingerprint density at radius 3 is 2.69 bits per heavy atom. The fourth-order valence-electron chi connectivity index (χ4n) is 1.53. The number of nitriles is 1. The first-order valence-electron chi connectivity index (χ1n) is 4.79. The number of aliphatic carboxylic acids is 1. The highest BCUT2D eigenvalue weighted by Gasteiger charge is 2.24. The molecule has 0 fully saturated rings. The summed E-state index contributed by atoms with van der Waals surface area (Å²) in [5.74, 6) is -0.417. The van der Waals surface area contributed by atoms with Crippen LogP contribution in [0.3, 0.4) is 0 Å². The third kappa shape index (κ3) is 1.84. The minimum Gasteiger partial charge on any atom is -0.480 e. The number of nitrogens with zero attached hydrogens (tertiary/aromatic N) is 4. The number of carbonyl (C=O) groups is 1. The molecule has 0 bridgehead atoms. The van der Waals surface area contributed by atoms with Gasteiger partial charge in [0.15, 0.2) is 0 Å². The van der Waals surface area contributed by atoms with Crippen LogP contribution in [0.1, 0.15) is 18.2 Å². The van der Waals surface area contributed by atoms with E-state index in [4.69, 9.17) is 10.4 Å². The Hall–Kier alpha value is -2.03. The molecule has 0 aliphatic heterocycles. The summed E-state index contributed by atoms with van der Waals surface area (Å²) in [6.45, 7) is 3.28. The largest absolute Gasteiger partial charge is 0.480 e. The van der Waals surface area contributed by atoms with Crippen molar-refractivity contribution >= 4 is 11.8 Å². The summed E-state index contributed by atoms with van der Waals surface area (Å²) < 4.78 is 1.52. The van der Waals surface area contributed by atoms with Gasteiger partial charge in [-0.3, -0.25) is 4.68 Å². The lowest BCUT2D eigenvalue weighted by molar-refractivity contribution is -0.138. The number of aromatic nitrogens is 2. The maximum absolute atomic E-state index is 10.9. The highest BCUT2D eigenvalue weighted by Crippen LogP contribution is 2.22. The monoisotopic (exact) mass is 222 g/mol. The summed E-state index contributed by atoms with van der Waals surface area (Å²) in [6.07, 6.45) is 0. The molecule has 0 aromatic carbocycles. The SMILES string of the molecule is Cc1nn(C)c(N(C)C(C)C(=O)O)c1C#N. The Labute approximate surface area is 93.7 Å². The Morgan fingerprint density at radius 2 is 2.25 bits per heavy atom. The number of anilines is 1. The maximum atomic E-state index is 10.9. The first kappa shape index (κ1) is 12.0. The van der Waals surface area contributed by atoms with Gasteiger partial charge >= 0.3 is 5.97 Å². The lowest BCUT2D eigenvalue weighted by Gasteiger charge is -2.23. The molecule has 0 aliphatic rings. The quantitative estimate of drug-likeness (QED) is 0.805. The minimum absolute atomic E-state index is 0.415. The number of rotatable bonds is 3. The lowest BCUT2D eigenvalue weighted by Crippen LogP contribution is -2.37.